The summed E-state index contributed by atoms with van der Waals surface area (Å²) in [6.45, 7) is 3.35. The summed E-state index contributed by atoms with van der Waals surface area (Å²) in [5, 5.41) is 2.22. The molecule has 0 saturated heterocycles. The number of nitrogens with zero attached hydrogens (tertiary/aromatic N) is 1. The summed E-state index contributed by atoms with van der Waals surface area (Å²) >= 11 is 0. The summed E-state index contributed by atoms with van der Waals surface area (Å²) in [4.78, 5) is 12.8. The number of amides is 1. The highest BCUT2D eigenvalue weighted by Crippen LogP contribution is 2.44. The van der Waals surface area contributed by atoms with Gasteiger partial charge in [-0.3, -0.25) is 9.10 Å². The van der Waals surface area contributed by atoms with Gasteiger partial charge in [-0.2, -0.15) is 13.2 Å². The van der Waals surface area contributed by atoms with Crippen LogP contribution >= 0.6 is 0 Å². The lowest BCUT2D eigenvalue weighted by molar-refractivity contribution is -0.137. The Morgan fingerprint density at radius 1 is 0.970 bits per heavy atom. The summed E-state index contributed by atoms with van der Waals surface area (Å²) in [6.07, 6.45) is -4.67. The van der Waals surface area contributed by atoms with Crippen molar-refractivity contribution in [1.82, 2.24) is 0 Å². The summed E-state index contributed by atoms with van der Waals surface area (Å²) in [7, 11) is -4.10. The predicted octanol–water partition coefficient (Wildman–Crippen LogP) is 5.64. The van der Waals surface area contributed by atoms with Crippen molar-refractivity contribution in [3.05, 3.63) is 77.9 Å². The van der Waals surface area contributed by atoms with Crippen LogP contribution in [0, 0.1) is 0 Å². The standard InChI is InChI=1S/C24H21F3N2O3S/c1-15(2)16-11-12-21-18(13-16)17-7-3-6-10-22(17)33(31,32)29(21)14-23(30)28-20-9-5-4-8-19(20)24(25,26)27/h3-13,15H,14H2,1-2H3,(H,28,30). The molecule has 0 bridgehead atoms. The summed E-state index contributed by atoms with van der Waals surface area (Å²) in [5.41, 5.74) is 1.03. The first-order valence-corrected chi connectivity index (χ1v) is 11.7. The molecule has 3 aromatic rings. The first kappa shape index (κ1) is 22.8. The maximum absolute atomic E-state index is 13.4. The van der Waals surface area contributed by atoms with Gasteiger partial charge in [0.15, 0.2) is 0 Å². The molecule has 3 aromatic carbocycles. The van der Waals surface area contributed by atoms with Crippen LogP contribution in [0.2, 0.25) is 0 Å². The minimum Gasteiger partial charge on any atom is -0.324 e. The number of halogens is 3. The van der Waals surface area contributed by atoms with Crippen molar-refractivity contribution in [3.8, 4) is 11.1 Å². The maximum Gasteiger partial charge on any atom is 0.418 e. The first-order valence-electron chi connectivity index (χ1n) is 10.2. The van der Waals surface area contributed by atoms with Gasteiger partial charge in [0.2, 0.25) is 5.91 Å². The molecular weight excluding hydrogens is 453 g/mol. The van der Waals surface area contributed by atoms with E-state index in [0.29, 0.717) is 16.8 Å². The second-order valence-corrected chi connectivity index (χ2v) is 9.86. The Bertz CT molecular complexity index is 1330. The molecule has 0 aliphatic carbocycles. The molecule has 172 valence electrons. The molecule has 0 spiro atoms. The van der Waals surface area contributed by atoms with E-state index in [1.807, 2.05) is 19.9 Å². The van der Waals surface area contributed by atoms with Gasteiger partial charge < -0.3 is 5.32 Å². The second kappa shape index (κ2) is 8.22. The number of benzene rings is 3. The SMILES string of the molecule is CC(C)c1ccc2c(c1)-c1ccccc1S(=O)(=O)N2CC(=O)Nc1ccccc1C(F)(F)F. The molecule has 0 saturated carbocycles. The van der Waals surface area contributed by atoms with Crippen LogP contribution in [-0.4, -0.2) is 20.9 Å². The van der Waals surface area contributed by atoms with E-state index in [1.54, 1.807) is 30.3 Å². The maximum atomic E-state index is 13.4. The van der Waals surface area contributed by atoms with Crippen LogP contribution in [0.4, 0.5) is 24.5 Å². The van der Waals surface area contributed by atoms with E-state index in [-0.39, 0.29) is 10.8 Å². The third-order valence-corrected chi connectivity index (χ3v) is 7.31. The van der Waals surface area contributed by atoms with Crippen molar-refractivity contribution in [2.45, 2.75) is 30.8 Å². The van der Waals surface area contributed by atoms with E-state index < -0.39 is 39.9 Å². The minimum absolute atomic E-state index is 0.0434. The number of rotatable bonds is 4. The van der Waals surface area contributed by atoms with Gasteiger partial charge in [-0.15, -0.1) is 0 Å². The van der Waals surface area contributed by atoms with Gasteiger partial charge in [0, 0.05) is 11.1 Å². The normalized spacial score (nSPS) is 14.5. The van der Waals surface area contributed by atoms with Crippen LogP contribution in [0.15, 0.2) is 71.6 Å². The molecule has 5 nitrogen and oxygen atoms in total. The Labute approximate surface area is 189 Å². The zero-order valence-electron chi connectivity index (χ0n) is 17.8. The number of anilines is 2. The zero-order valence-corrected chi connectivity index (χ0v) is 18.7. The van der Waals surface area contributed by atoms with Gasteiger partial charge >= 0.3 is 6.18 Å². The summed E-state index contributed by atoms with van der Waals surface area (Å²) in [6, 6.07) is 16.3. The number of sulfonamides is 1. The molecule has 0 aromatic heterocycles. The van der Waals surface area contributed by atoms with E-state index in [0.717, 1.165) is 22.0 Å². The summed E-state index contributed by atoms with van der Waals surface area (Å²) < 4.78 is 67.5. The van der Waals surface area contributed by atoms with Crippen molar-refractivity contribution in [2.75, 3.05) is 16.2 Å². The van der Waals surface area contributed by atoms with Crippen molar-refractivity contribution in [2.24, 2.45) is 0 Å². The fraction of sp³-hybridized carbons (Fsp3) is 0.208. The van der Waals surface area contributed by atoms with E-state index in [1.165, 1.54) is 18.2 Å². The Morgan fingerprint density at radius 3 is 2.33 bits per heavy atom. The molecule has 1 aliphatic heterocycles. The molecule has 33 heavy (non-hydrogen) atoms. The zero-order chi connectivity index (χ0) is 24.0. The molecule has 1 heterocycles. The van der Waals surface area contributed by atoms with Gasteiger partial charge in [0.25, 0.3) is 10.0 Å². The number of carbonyl (C=O) groups excluding carboxylic acids is 1. The van der Waals surface area contributed by atoms with Crippen molar-refractivity contribution >= 4 is 27.3 Å². The Balaban J connectivity index is 1.74. The Kier molecular flexibility index (Phi) is 5.69. The predicted molar refractivity (Wildman–Crippen MR) is 121 cm³/mol. The minimum atomic E-state index is -4.67. The number of hydrogen-bond donors (Lipinski definition) is 1. The molecule has 9 heteroatoms. The number of carbonyl (C=O) groups is 1. The second-order valence-electron chi connectivity index (χ2n) is 8.03. The topological polar surface area (TPSA) is 66.5 Å². The van der Waals surface area contributed by atoms with Gasteiger partial charge in [-0.25, -0.2) is 8.42 Å². The van der Waals surface area contributed by atoms with Crippen molar-refractivity contribution in [3.63, 3.8) is 0 Å². The van der Waals surface area contributed by atoms with E-state index >= 15 is 0 Å². The number of alkyl halides is 3. The molecule has 1 amide bonds. The molecule has 4 rings (SSSR count). The molecule has 0 atom stereocenters. The molecule has 0 fully saturated rings. The van der Waals surface area contributed by atoms with Crippen LogP contribution < -0.4 is 9.62 Å². The highest BCUT2D eigenvalue weighted by molar-refractivity contribution is 7.93. The van der Waals surface area contributed by atoms with Crippen LogP contribution in [0.25, 0.3) is 11.1 Å². The van der Waals surface area contributed by atoms with Crippen LogP contribution in [0.5, 0.6) is 0 Å². The lowest BCUT2D eigenvalue weighted by Gasteiger charge is -2.32. The third-order valence-electron chi connectivity index (χ3n) is 5.50. The largest absolute Gasteiger partial charge is 0.418 e. The fourth-order valence-corrected chi connectivity index (χ4v) is 5.49. The van der Waals surface area contributed by atoms with E-state index in [4.69, 9.17) is 0 Å². The number of hydrogen-bond acceptors (Lipinski definition) is 3. The number of nitrogens with one attached hydrogen (secondary N) is 1. The van der Waals surface area contributed by atoms with E-state index in [2.05, 4.69) is 5.32 Å². The Hall–Kier alpha value is -3.33. The smallest absolute Gasteiger partial charge is 0.324 e. The lowest BCUT2D eigenvalue weighted by atomic mass is 9.95. The van der Waals surface area contributed by atoms with Crippen molar-refractivity contribution in [1.29, 1.82) is 0 Å². The van der Waals surface area contributed by atoms with Crippen LogP contribution in [0.3, 0.4) is 0 Å². The monoisotopic (exact) mass is 474 g/mol. The summed E-state index contributed by atoms with van der Waals surface area (Å²) in [5.74, 6) is -0.690. The average molecular weight is 475 g/mol. The molecule has 0 radical (unpaired) electrons. The number of fused-ring (bicyclic) bond motifs is 3. The molecule has 1 N–H and O–H groups in total. The highest BCUT2D eigenvalue weighted by Gasteiger charge is 2.37. The Morgan fingerprint density at radius 2 is 1.64 bits per heavy atom. The van der Waals surface area contributed by atoms with Gasteiger partial charge in [0.05, 0.1) is 21.8 Å². The fourth-order valence-electron chi connectivity index (χ4n) is 3.84. The van der Waals surface area contributed by atoms with Gasteiger partial charge in [0.1, 0.15) is 6.54 Å². The lowest BCUT2D eigenvalue weighted by Crippen LogP contribution is -2.40. The first-order chi connectivity index (χ1) is 15.5. The quantitative estimate of drug-likeness (QED) is 0.532. The van der Waals surface area contributed by atoms with Crippen LogP contribution in [-0.2, 0) is 21.0 Å². The van der Waals surface area contributed by atoms with E-state index in [9.17, 15) is 26.4 Å². The van der Waals surface area contributed by atoms with Gasteiger partial charge in [-0.05, 0) is 41.8 Å². The number of para-hydroxylation sites is 1. The average Bonchev–Trinajstić information content (AvgIpc) is 2.76. The molecule has 0 unspecified atom stereocenters. The van der Waals surface area contributed by atoms with Crippen LogP contribution in [0.1, 0.15) is 30.9 Å². The molecular formula is C24H21F3N2O3S. The molecule has 1 aliphatic rings. The van der Waals surface area contributed by atoms with Gasteiger partial charge in [-0.1, -0.05) is 50.2 Å². The van der Waals surface area contributed by atoms with Crippen molar-refractivity contribution < 1.29 is 26.4 Å². The highest BCUT2D eigenvalue weighted by atomic mass is 32.2. The third kappa shape index (κ3) is 4.20.